The summed E-state index contributed by atoms with van der Waals surface area (Å²) in [4.78, 5) is 4.39. The second kappa shape index (κ2) is 6.43. The summed E-state index contributed by atoms with van der Waals surface area (Å²) in [5, 5.41) is 2.99. The molecule has 0 aliphatic heterocycles. The highest BCUT2D eigenvalue weighted by Gasteiger charge is 2.11. The van der Waals surface area contributed by atoms with Gasteiger partial charge in [-0.3, -0.25) is 0 Å². The second-order valence-corrected chi connectivity index (χ2v) is 5.01. The van der Waals surface area contributed by atoms with Gasteiger partial charge in [0.15, 0.2) is 11.5 Å². The van der Waals surface area contributed by atoms with Crippen molar-refractivity contribution >= 4 is 23.5 Å². The molecule has 0 amide bonds. The van der Waals surface area contributed by atoms with Gasteiger partial charge in [0.25, 0.3) is 0 Å². The van der Waals surface area contributed by atoms with Crippen molar-refractivity contribution in [3.05, 3.63) is 33.8 Å². The number of aryl methyl sites for hydroxylation is 1. The average molecular weight is 291 g/mol. The number of methoxy groups -OCH3 is 3. The van der Waals surface area contributed by atoms with Gasteiger partial charge in [-0.15, -0.1) is 11.3 Å². The summed E-state index contributed by atoms with van der Waals surface area (Å²) >= 11 is 1.61. The van der Waals surface area contributed by atoms with E-state index < -0.39 is 0 Å². The molecule has 0 N–H and O–H groups in total. The quantitative estimate of drug-likeness (QED) is 0.843. The van der Waals surface area contributed by atoms with Gasteiger partial charge in [-0.1, -0.05) is 6.08 Å². The molecule has 0 saturated heterocycles. The molecule has 1 heterocycles. The van der Waals surface area contributed by atoms with Crippen LogP contribution >= 0.6 is 11.3 Å². The van der Waals surface area contributed by atoms with E-state index in [2.05, 4.69) is 4.98 Å². The van der Waals surface area contributed by atoms with Gasteiger partial charge in [0.05, 0.1) is 21.3 Å². The van der Waals surface area contributed by atoms with Crippen LogP contribution < -0.4 is 14.2 Å². The van der Waals surface area contributed by atoms with Crippen molar-refractivity contribution in [1.29, 1.82) is 0 Å². The van der Waals surface area contributed by atoms with Crippen LogP contribution in [0.25, 0.3) is 12.2 Å². The lowest BCUT2D eigenvalue weighted by Gasteiger charge is -2.12. The smallest absolute Gasteiger partial charge is 0.203 e. The van der Waals surface area contributed by atoms with E-state index in [-0.39, 0.29) is 0 Å². The predicted molar refractivity (Wildman–Crippen MR) is 81.9 cm³/mol. The molecule has 0 atom stereocenters. The highest BCUT2D eigenvalue weighted by Crippen LogP contribution is 2.38. The zero-order valence-electron chi connectivity index (χ0n) is 12.0. The molecule has 0 spiro atoms. The van der Waals surface area contributed by atoms with Crippen molar-refractivity contribution in [2.75, 3.05) is 21.3 Å². The van der Waals surface area contributed by atoms with E-state index in [1.54, 1.807) is 32.7 Å². The minimum atomic E-state index is 0.595. The average Bonchev–Trinajstić information content (AvgIpc) is 2.89. The fourth-order valence-corrected chi connectivity index (χ4v) is 2.50. The molecule has 20 heavy (non-hydrogen) atoms. The van der Waals surface area contributed by atoms with Crippen LogP contribution in [0.2, 0.25) is 0 Å². The number of aromatic nitrogens is 1. The first kappa shape index (κ1) is 14.4. The Morgan fingerprint density at radius 1 is 1.00 bits per heavy atom. The van der Waals surface area contributed by atoms with Crippen LogP contribution in [0.5, 0.6) is 17.2 Å². The molecule has 4 nitrogen and oxygen atoms in total. The first-order valence-corrected chi connectivity index (χ1v) is 6.96. The van der Waals surface area contributed by atoms with Crippen LogP contribution in [0, 0.1) is 6.92 Å². The number of rotatable bonds is 5. The Balaban J connectivity index is 2.34. The number of hydrogen-bond acceptors (Lipinski definition) is 5. The molecule has 1 aromatic carbocycles. The van der Waals surface area contributed by atoms with Crippen LogP contribution in [-0.2, 0) is 0 Å². The highest BCUT2D eigenvalue weighted by atomic mass is 32.1. The number of benzene rings is 1. The largest absolute Gasteiger partial charge is 0.493 e. The molecule has 0 saturated carbocycles. The Labute approximate surface area is 122 Å². The first-order chi connectivity index (χ1) is 9.67. The van der Waals surface area contributed by atoms with Crippen LogP contribution in [0.4, 0.5) is 0 Å². The predicted octanol–water partition coefficient (Wildman–Crippen LogP) is 3.65. The first-order valence-electron chi connectivity index (χ1n) is 6.08. The molecule has 1 aromatic heterocycles. The maximum absolute atomic E-state index is 5.32. The molecule has 2 rings (SSSR count). The zero-order valence-corrected chi connectivity index (χ0v) is 12.8. The molecule has 5 heteroatoms. The molecule has 2 aromatic rings. The normalized spacial score (nSPS) is 10.8. The van der Waals surface area contributed by atoms with Gasteiger partial charge in [0.1, 0.15) is 5.01 Å². The number of ether oxygens (including phenoxy) is 3. The molecule has 0 bridgehead atoms. The van der Waals surface area contributed by atoms with E-state index in [0.29, 0.717) is 17.2 Å². The Hall–Kier alpha value is -2.01. The third-order valence-corrected chi connectivity index (χ3v) is 3.67. The minimum Gasteiger partial charge on any atom is -0.493 e. The van der Waals surface area contributed by atoms with E-state index in [1.165, 1.54) is 0 Å². The summed E-state index contributed by atoms with van der Waals surface area (Å²) in [6.45, 7) is 1.98. The Morgan fingerprint density at radius 2 is 1.65 bits per heavy atom. The third kappa shape index (κ3) is 3.11. The maximum atomic E-state index is 5.32. The summed E-state index contributed by atoms with van der Waals surface area (Å²) in [5.41, 5.74) is 1.99. The van der Waals surface area contributed by atoms with E-state index in [9.17, 15) is 0 Å². The number of thiazole rings is 1. The Bertz CT molecular complexity index is 594. The maximum Gasteiger partial charge on any atom is 0.203 e. The zero-order chi connectivity index (χ0) is 14.5. The standard InChI is InChI=1S/C15H17NO3S/c1-10-9-20-14(16-10)6-5-11-7-12(17-2)15(19-4)13(8-11)18-3/h5-9H,1-4H3/b6-5+. The lowest BCUT2D eigenvalue weighted by Crippen LogP contribution is -1.95. The summed E-state index contributed by atoms with van der Waals surface area (Å²) < 4.78 is 15.9. The van der Waals surface area contributed by atoms with Crippen molar-refractivity contribution < 1.29 is 14.2 Å². The second-order valence-electron chi connectivity index (χ2n) is 4.12. The van der Waals surface area contributed by atoms with Gasteiger partial charge in [-0.25, -0.2) is 4.98 Å². The fraction of sp³-hybridized carbons (Fsp3) is 0.267. The number of hydrogen-bond donors (Lipinski definition) is 0. The highest BCUT2D eigenvalue weighted by molar-refractivity contribution is 7.10. The van der Waals surface area contributed by atoms with Crippen LogP contribution in [0.3, 0.4) is 0 Å². The molecule has 0 aliphatic carbocycles. The van der Waals surface area contributed by atoms with Crippen molar-refractivity contribution in [3.63, 3.8) is 0 Å². The van der Waals surface area contributed by atoms with Gasteiger partial charge in [0.2, 0.25) is 5.75 Å². The Morgan fingerprint density at radius 3 is 2.10 bits per heavy atom. The van der Waals surface area contributed by atoms with Gasteiger partial charge in [-0.2, -0.15) is 0 Å². The van der Waals surface area contributed by atoms with Crippen molar-refractivity contribution in [1.82, 2.24) is 4.98 Å². The molecule has 106 valence electrons. The summed E-state index contributed by atoms with van der Waals surface area (Å²) in [7, 11) is 4.80. The van der Waals surface area contributed by atoms with Gasteiger partial charge in [0, 0.05) is 11.1 Å². The Kier molecular flexibility index (Phi) is 4.63. The SMILES string of the molecule is COc1cc(/C=C/c2nc(C)cs2)cc(OC)c1OC. The molecular formula is C15H17NO3S. The van der Waals surface area contributed by atoms with Gasteiger partial charge in [-0.05, 0) is 30.7 Å². The van der Waals surface area contributed by atoms with Crippen molar-refractivity contribution in [2.24, 2.45) is 0 Å². The lowest BCUT2D eigenvalue weighted by molar-refractivity contribution is 0.324. The van der Waals surface area contributed by atoms with Crippen molar-refractivity contribution in [3.8, 4) is 17.2 Å². The number of nitrogens with zero attached hydrogens (tertiary/aromatic N) is 1. The fourth-order valence-electron chi connectivity index (χ4n) is 1.81. The van der Waals surface area contributed by atoms with E-state index in [1.807, 2.05) is 36.6 Å². The summed E-state index contributed by atoms with van der Waals surface area (Å²) in [6.07, 6.45) is 3.95. The monoisotopic (exact) mass is 291 g/mol. The summed E-state index contributed by atoms with van der Waals surface area (Å²) in [6, 6.07) is 3.80. The third-order valence-electron chi connectivity index (χ3n) is 2.74. The van der Waals surface area contributed by atoms with Crippen LogP contribution in [0.1, 0.15) is 16.3 Å². The van der Waals surface area contributed by atoms with E-state index >= 15 is 0 Å². The molecular weight excluding hydrogens is 274 g/mol. The van der Waals surface area contributed by atoms with Gasteiger partial charge >= 0.3 is 0 Å². The topological polar surface area (TPSA) is 40.6 Å². The van der Waals surface area contributed by atoms with E-state index in [0.717, 1.165) is 16.3 Å². The van der Waals surface area contributed by atoms with Gasteiger partial charge < -0.3 is 14.2 Å². The molecule has 0 radical (unpaired) electrons. The van der Waals surface area contributed by atoms with Crippen LogP contribution in [0.15, 0.2) is 17.5 Å². The van der Waals surface area contributed by atoms with Crippen molar-refractivity contribution in [2.45, 2.75) is 6.92 Å². The summed E-state index contributed by atoms with van der Waals surface area (Å²) in [5.74, 6) is 1.88. The minimum absolute atomic E-state index is 0.595. The molecule has 0 aliphatic rings. The lowest BCUT2D eigenvalue weighted by atomic mass is 10.1. The van der Waals surface area contributed by atoms with E-state index in [4.69, 9.17) is 14.2 Å². The molecule has 0 unspecified atom stereocenters. The van der Waals surface area contributed by atoms with Crippen LogP contribution in [-0.4, -0.2) is 26.3 Å². The molecule has 0 fully saturated rings.